The van der Waals surface area contributed by atoms with E-state index in [2.05, 4.69) is 20.7 Å². The quantitative estimate of drug-likeness (QED) is 0.106. The van der Waals surface area contributed by atoms with E-state index >= 15 is 0 Å². The number of rotatable bonds is 17. The molecule has 2 aromatic rings. The number of hydrogen-bond acceptors (Lipinski definition) is 8. The van der Waals surface area contributed by atoms with Gasteiger partial charge in [-0.05, 0) is 81.0 Å². The zero-order valence-corrected chi connectivity index (χ0v) is 29.8. The van der Waals surface area contributed by atoms with Crippen molar-refractivity contribution in [3.8, 4) is 0 Å². The van der Waals surface area contributed by atoms with Gasteiger partial charge in [-0.15, -0.1) is 0 Å². The van der Waals surface area contributed by atoms with E-state index in [1.165, 1.54) is 7.11 Å². The summed E-state index contributed by atoms with van der Waals surface area (Å²) in [5, 5.41) is 16.8. The smallest absolute Gasteiger partial charge is 0.409 e. The number of methoxy groups -OCH3 is 1. The second-order valence-corrected chi connectivity index (χ2v) is 15.2. The number of likely N-dealkylation sites (tertiary alicyclic amines) is 1. The number of amides is 3. The monoisotopic (exact) mass is 711 g/mol. The van der Waals surface area contributed by atoms with Crippen LogP contribution in [0.25, 0.3) is 0 Å². The first-order valence-corrected chi connectivity index (χ1v) is 19.3. The number of piperidine rings is 2. The minimum absolute atomic E-state index is 0.0424. The Bertz CT molecular complexity index is 1510. The van der Waals surface area contributed by atoms with Crippen molar-refractivity contribution in [2.45, 2.75) is 82.2 Å². The summed E-state index contributed by atoms with van der Waals surface area (Å²) in [6, 6.07) is 13.9. The molecule has 2 aliphatic heterocycles. The Morgan fingerprint density at radius 3 is 2.20 bits per heavy atom. The molecular formula is C36H53N7O6S. The fraction of sp³-hybridized carbons (Fsp3) is 0.556. The Balaban J connectivity index is 1.43. The van der Waals surface area contributed by atoms with Crippen molar-refractivity contribution in [2.75, 3.05) is 33.3 Å². The van der Waals surface area contributed by atoms with Crippen LogP contribution in [0.15, 0.2) is 54.6 Å². The number of nitrogens with two attached hydrogens (primary N) is 1. The topological polar surface area (TPSA) is 196 Å². The Morgan fingerprint density at radius 1 is 0.900 bits per heavy atom. The van der Waals surface area contributed by atoms with Crippen molar-refractivity contribution in [1.29, 1.82) is 5.41 Å². The van der Waals surface area contributed by atoms with Gasteiger partial charge >= 0.3 is 6.09 Å². The molecule has 50 heavy (non-hydrogen) atoms. The second-order valence-electron chi connectivity index (χ2n) is 13.4. The lowest BCUT2D eigenvalue weighted by Gasteiger charge is -2.31. The highest BCUT2D eigenvalue weighted by atomic mass is 32.2. The number of ether oxygens (including phenoxy) is 1. The molecule has 2 aliphatic rings. The van der Waals surface area contributed by atoms with Crippen LogP contribution in [-0.2, 0) is 36.6 Å². The molecule has 14 heteroatoms. The van der Waals surface area contributed by atoms with Gasteiger partial charge in [-0.25, -0.2) is 17.9 Å². The number of sulfonamides is 1. The van der Waals surface area contributed by atoms with Crippen molar-refractivity contribution in [2.24, 2.45) is 17.6 Å². The van der Waals surface area contributed by atoms with Crippen LogP contribution in [0.1, 0.15) is 74.5 Å². The number of carbonyl (C=O) groups excluding carboxylic acids is 3. The van der Waals surface area contributed by atoms with Crippen molar-refractivity contribution < 1.29 is 27.5 Å². The van der Waals surface area contributed by atoms with Gasteiger partial charge in [-0.1, -0.05) is 67.4 Å². The van der Waals surface area contributed by atoms with Crippen LogP contribution < -0.4 is 26.4 Å². The summed E-state index contributed by atoms with van der Waals surface area (Å²) in [6.07, 6.45) is 6.08. The molecule has 0 bridgehead atoms. The average Bonchev–Trinajstić information content (AvgIpc) is 3.12. The van der Waals surface area contributed by atoms with Crippen LogP contribution in [0.3, 0.4) is 0 Å². The number of hydrogen-bond donors (Lipinski definition) is 6. The largest absolute Gasteiger partial charge is 0.453 e. The maximum absolute atomic E-state index is 13.9. The standard InChI is InChI=1S/C36H53N7O6S/c1-49-36(46)43-22-18-26(19-23-43)8-5-9-32(42-50(47,48)25-29-6-3-2-4-7-29)35(45)41-31(15-12-27-16-20-39-21-17-27)34(44)40-24-28-10-13-30(14-11-28)33(37)38/h2-4,6-7,10-11,13-14,26-27,31-32,39,42H,5,8-9,12,15-25H2,1H3,(H3,37,38)(H,40,44)(H,41,45). The van der Waals surface area contributed by atoms with Crippen LogP contribution in [0.4, 0.5) is 4.79 Å². The normalized spacial score (nSPS) is 17.0. The van der Waals surface area contributed by atoms with Crippen molar-refractivity contribution in [1.82, 2.24) is 25.6 Å². The molecule has 2 heterocycles. The highest BCUT2D eigenvalue weighted by Crippen LogP contribution is 2.24. The predicted molar refractivity (Wildman–Crippen MR) is 193 cm³/mol. The van der Waals surface area contributed by atoms with Gasteiger partial charge in [0, 0.05) is 25.2 Å². The van der Waals surface area contributed by atoms with E-state index in [9.17, 15) is 22.8 Å². The van der Waals surface area contributed by atoms with Gasteiger partial charge in [-0.3, -0.25) is 15.0 Å². The van der Waals surface area contributed by atoms with E-state index < -0.39 is 28.0 Å². The van der Waals surface area contributed by atoms with Crippen LogP contribution in [0, 0.1) is 17.2 Å². The van der Waals surface area contributed by atoms with Gasteiger partial charge < -0.3 is 31.3 Å². The van der Waals surface area contributed by atoms with E-state index in [1.54, 1.807) is 53.4 Å². The highest BCUT2D eigenvalue weighted by Gasteiger charge is 2.30. The molecule has 7 N–H and O–H groups in total. The van der Waals surface area contributed by atoms with Gasteiger partial charge in [0.2, 0.25) is 21.8 Å². The number of benzene rings is 2. The summed E-state index contributed by atoms with van der Waals surface area (Å²) >= 11 is 0. The second kappa shape index (κ2) is 19.4. The maximum Gasteiger partial charge on any atom is 0.409 e. The number of nitrogen functional groups attached to an aromatic ring is 1. The Labute approximate surface area is 296 Å². The predicted octanol–water partition coefficient (Wildman–Crippen LogP) is 2.99. The minimum atomic E-state index is -3.90. The number of nitrogens with zero attached hydrogens (tertiary/aromatic N) is 1. The van der Waals surface area contributed by atoms with Crippen LogP contribution in [-0.4, -0.2) is 82.4 Å². The van der Waals surface area contributed by atoms with Crippen LogP contribution in [0.2, 0.25) is 0 Å². The molecule has 0 aromatic heterocycles. The molecule has 3 amide bonds. The first-order chi connectivity index (χ1) is 24.0. The average molecular weight is 712 g/mol. The lowest BCUT2D eigenvalue weighted by molar-refractivity contribution is -0.130. The van der Waals surface area contributed by atoms with Gasteiger partial charge in [0.05, 0.1) is 12.9 Å². The van der Waals surface area contributed by atoms with Gasteiger partial charge in [-0.2, -0.15) is 0 Å². The van der Waals surface area contributed by atoms with E-state index in [-0.39, 0.29) is 36.6 Å². The summed E-state index contributed by atoms with van der Waals surface area (Å²) in [6.45, 7) is 3.24. The summed E-state index contributed by atoms with van der Waals surface area (Å²) < 4.78 is 34.2. The van der Waals surface area contributed by atoms with E-state index in [4.69, 9.17) is 15.9 Å². The van der Waals surface area contributed by atoms with Crippen molar-refractivity contribution >= 4 is 33.8 Å². The lowest BCUT2D eigenvalue weighted by Crippen LogP contribution is -2.53. The zero-order chi connectivity index (χ0) is 35.9. The summed E-state index contributed by atoms with van der Waals surface area (Å²) in [7, 11) is -2.53. The molecule has 2 saturated heterocycles. The van der Waals surface area contributed by atoms with E-state index in [0.29, 0.717) is 48.9 Å². The molecule has 0 radical (unpaired) electrons. The Kier molecular flexibility index (Phi) is 15.0. The van der Waals surface area contributed by atoms with Crippen molar-refractivity contribution in [3.63, 3.8) is 0 Å². The molecule has 0 aliphatic carbocycles. The number of nitrogens with one attached hydrogen (secondary N) is 5. The molecule has 0 spiro atoms. The molecule has 2 atom stereocenters. The fourth-order valence-electron chi connectivity index (χ4n) is 6.67. The third-order valence-electron chi connectivity index (χ3n) is 9.68. The molecule has 2 fully saturated rings. The third-order valence-corrected chi connectivity index (χ3v) is 11.0. The zero-order valence-electron chi connectivity index (χ0n) is 29.0. The first-order valence-electron chi connectivity index (χ1n) is 17.6. The van der Waals surface area contributed by atoms with E-state index in [0.717, 1.165) is 57.2 Å². The van der Waals surface area contributed by atoms with Crippen molar-refractivity contribution in [3.05, 3.63) is 71.3 Å². The Hall–Kier alpha value is -4.01. The lowest BCUT2D eigenvalue weighted by atomic mass is 9.90. The first kappa shape index (κ1) is 38.8. The molecule has 13 nitrogen and oxygen atoms in total. The van der Waals surface area contributed by atoms with Gasteiger partial charge in [0.15, 0.2) is 0 Å². The molecule has 2 aromatic carbocycles. The van der Waals surface area contributed by atoms with Gasteiger partial charge in [0.25, 0.3) is 0 Å². The van der Waals surface area contributed by atoms with E-state index in [1.807, 2.05) is 6.07 Å². The highest BCUT2D eigenvalue weighted by molar-refractivity contribution is 7.88. The summed E-state index contributed by atoms with van der Waals surface area (Å²) in [5.74, 6) is -0.420. The summed E-state index contributed by atoms with van der Waals surface area (Å²) in [5.41, 5.74) is 7.57. The molecule has 4 rings (SSSR count). The van der Waals surface area contributed by atoms with Gasteiger partial charge in [0.1, 0.15) is 17.9 Å². The minimum Gasteiger partial charge on any atom is -0.453 e. The number of amidine groups is 1. The molecular weight excluding hydrogens is 659 g/mol. The maximum atomic E-state index is 13.9. The SMILES string of the molecule is COC(=O)N1CCC(CCCC(NS(=O)(=O)Cc2ccccc2)C(=O)NC(CCC2CCNCC2)C(=O)NCc2ccc(C(=N)N)cc2)CC1. The third kappa shape index (κ3) is 12.7. The number of carbonyl (C=O) groups is 3. The Morgan fingerprint density at radius 2 is 1.56 bits per heavy atom. The molecule has 274 valence electrons. The van der Waals surface area contributed by atoms with Crippen LogP contribution >= 0.6 is 0 Å². The van der Waals surface area contributed by atoms with Crippen LogP contribution in [0.5, 0.6) is 0 Å². The summed E-state index contributed by atoms with van der Waals surface area (Å²) in [4.78, 5) is 41.1. The molecule has 2 unspecified atom stereocenters. The molecule has 0 saturated carbocycles. The fourth-order valence-corrected chi connectivity index (χ4v) is 8.04.